The van der Waals surface area contributed by atoms with Gasteiger partial charge in [0.25, 0.3) is 0 Å². The van der Waals surface area contributed by atoms with Gasteiger partial charge in [-0.2, -0.15) is 0 Å². The predicted octanol–water partition coefficient (Wildman–Crippen LogP) is 20.5. The number of hydrogen-bond acceptors (Lipinski definition) is 13. The Labute approximate surface area is 620 Å². The molecule has 2 rings (SSSR count). The van der Waals surface area contributed by atoms with E-state index in [9.17, 15) is 45.6 Å². The molecule has 2 aliphatic rings. The number of carbonyl (C=O) groups excluding carboxylic acids is 1. The van der Waals surface area contributed by atoms with Crippen molar-refractivity contribution in [1.82, 2.24) is 5.32 Å². The third-order valence-electron chi connectivity index (χ3n) is 21.2. The molecule has 594 valence electrons. The van der Waals surface area contributed by atoms with Crippen LogP contribution in [0.5, 0.6) is 0 Å². The number of carbonyl (C=O) groups is 1. The van der Waals surface area contributed by atoms with Gasteiger partial charge in [0.1, 0.15) is 48.8 Å². The first-order chi connectivity index (χ1) is 49.6. The summed E-state index contributed by atoms with van der Waals surface area (Å²) < 4.78 is 22.9. The third-order valence-corrected chi connectivity index (χ3v) is 21.2. The number of allylic oxidation sites excluding steroid dienone is 7. The minimum atomic E-state index is -1.79. The monoisotopic (exact) mass is 1430 g/mol. The van der Waals surface area contributed by atoms with E-state index in [2.05, 4.69) is 55.6 Å². The lowest BCUT2D eigenvalue weighted by Gasteiger charge is -2.46. The molecule has 0 bridgehead atoms. The van der Waals surface area contributed by atoms with Crippen LogP contribution in [0.15, 0.2) is 48.6 Å². The summed E-state index contributed by atoms with van der Waals surface area (Å²) in [5.41, 5.74) is 0. The van der Waals surface area contributed by atoms with Crippen molar-refractivity contribution < 1.29 is 64.6 Å². The summed E-state index contributed by atoms with van der Waals surface area (Å²) in [4.78, 5) is 13.4. The molecule has 0 aromatic heterocycles. The van der Waals surface area contributed by atoms with Gasteiger partial charge in [-0.05, 0) is 70.6 Å². The van der Waals surface area contributed by atoms with Gasteiger partial charge in [0.05, 0.1) is 32.0 Å². The van der Waals surface area contributed by atoms with Crippen LogP contribution in [-0.2, 0) is 23.7 Å². The molecule has 2 saturated heterocycles. The van der Waals surface area contributed by atoms with Crippen molar-refractivity contribution in [3.8, 4) is 0 Å². The highest BCUT2D eigenvalue weighted by Crippen LogP contribution is 2.30. The number of aliphatic hydroxyl groups excluding tert-OH is 8. The normalized spacial score (nSPS) is 21.9. The number of ether oxygens (including phenoxy) is 4. The van der Waals surface area contributed by atoms with E-state index in [-0.39, 0.29) is 18.9 Å². The van der Waals surface area contributed by atoms with Crippen LogP contribution in [0, 0.1) is 0 Å². The maximum absolute atomic E-state index is 13.4. The summed E-state index contributed by atoms with van der Waals surface area (Å²) in [7, 11) is 0. The average Bonchev–Trinajstić information content (AvgIpc) is 0.792. The highest BCUT2D eigenvalue weighted by atomic mass is 16.7. The fourth-order valence-corrected chi connectivity index (χ4v) is 14.4. The molecule has 101 heavy (non-hydrogen) atoms. The summed E-state index contributed by atoms with van der Waals surface area (Å²) in [5, 5.41) is 87.7. The van der Waals surface area contributed by atoms with Gasteiger partial charge in [0.15, 0.2) is 12.6 Å². The SMILES string of the molecule is CCCCCCCCCC/C=C\CCCCCCCCCCCCCCCCCCCCCCCCCCCC(=O)NC(COC1OC(CO)C(OC2OC(CO)C(O)C(O)C2O)C(O)C1O)C(O)/C=C/CC/C=C/CC/C=C/CCCCCCCCCCCCCCCCCCCCCC. The second-order valence-electron chi connectivity index (χ2n) is 30.6. The van der Waals surface area contributed by atoms with Gasteiger partial charge in [-0.25, -0.2) is 0 Å². The zero-order valence-electron chi connectivity index (χ0n) is 65.4. The fraction of sp³-hybridized carbons (Fsp3) is 0.897. The Morgan fingerprint density at radius 2 is 0.634 bits per heavy atom. The molecule has 1 amide bonds. The van der Waals surface area contributed by atoms with Crippen molar-refractivity contribution in [1.29, 1.82) is 0 Å². The number of amides is 1. The first-order valence-electron chi connectivity index (χ1n) is 43.4. The Kier molecular flexibility index (Phi) is 66.7. The van der Waals surface area contributed by atoms with Crippen LogP contribution in [-0.4, -0.2) is 140 Å². The summed E-state index contributed by atoms with van der Waals surface area (Å²) in [6, 6.07) is -0.940. The van der Waals surface area contributed by atoms with Crippen molar-refractivity contribution >= 4 is 5.91 Å². The third kappa shape index (κ3) is 53.4. The number of hydrogen-bond donors (Lipinski definition) is 9. The molecular weight excluding hydrogens is 1270 g/mol. The van der Waals surface area contributed by atoms with Crippen LogP contribution in [0.2, 0.25) is 0 Å². The van der Waals surface area contributed by atoms with Gasteiger partial charge in [-0.15, -0.1) is 0 Å². The molecular formula is C87H163NO13. The van der Waals surface area contributed by atoms with Crippen LogP contribution in [0.4, 0.5) is 0 Å². The summed E-state index contributed by atoms with van der Waals surface area (Å²) >= 11 is 0. The first-order valence-corrected chi connectivity index (χ1v) is 43.4. The highest BCUT2D eigenvalue weighted by molar-refractivity contribution is 5.76. The zero-order chi connectivity index (χ0) is 73.0. The van der Waals surface area contributed by atoms with E-state index in [0.717, 1.165) is 44.9 Å². The lowest BCUT2D eigenvalue weighted by atomic mass is 9.97. The van der Waals surface area contributed by atoms with Crippen molar-refractivity contribution in [2.24, 2.45) is 0 Å². The standard InChI is InChI=1S/C87H163NO13/c1-3-5-7-9-11-13-15-17-19-21-23-25-27-29-31-33-35-36-37-38-39-40-41-43-45-47-49-51-53-55-57-59-61-63-65-67-69-71-79(92)88-75(74-98-86-84(97)82(95)85(78(73-90)100-86)101-87-83(96)81(94)80(93)77(72-89)99-87)76(91)70-68-66-64-62-60-58-56-54-52-50-48-46-44-42-34-32-30-28-26-24-22-20-18-16-14-12-10-8-6-4-2/h21,23,52,54,60,62,68,70,75-78,80-87,89-91,93-97H,3-20,22,24-51,53,55-59,61,63-67,69,71-74H2,1-2H3,(H,88,92)/b23-21-,54-52+,62-60+,70-68+. The molecule has 12 atom stereocenters. The highest BCUT2D eigenvalue weighted by Gasteiger charge is 2.51. The second kappa shape index (κ2) is 70.9. The van der Waals surface area contributed by atoms with Gasteiger partial charge < -0.3 is 65.1 Å². The second-order valence-corrected chi connectivity index (χ2v) is 30.6. The van der Waals surface area contributed by atoms with Crippen molar-refractivity contribution in [2.75, 3.05) is 19.8 Å². The quantitative estimate of drug-likeness (QED) is 0.0204. The Morgan fingerprint density at radius 3 is 0.970 bits per heavy atom. The number of nitrogens with one attached hydrogen (secondary N) is 1. The molecule has 0 aromatic rings. The largest absolute Gasteiger partial charge is 0.394 e. The molecule has 0 aromatic carbocycles. The fourth-order valence-electron chi connectivity index (χ4n) is 14.4. The smallest absolute Gasteiger partial charge is 0.220 e. The van der Waals surface area contributed by atoms with E-state index >= 15 is 0 Å². The molecule has 14 nitrogen and oxygen atoms in total. The van der Waals surface area contributed by atoms with Crippen LogP contribution in [0.1, 0.15) is 406 Å². The zero-order valence-corrected chi connectivity index (χ0v) is 65.4. The van der Waals surface area contributed by atoms with Crippen LogP contribution >= 0.6 is 0 Å². The summed E-state index contributed by atoms with van der Waals surface area (Å²) in [5.74, 6) is -0.245. The Balaban J connectivity index is 1.59. The van der Waals surface area contributed by atoms with Gasteiger partial charge in [0, 0.05) is 6.42 Å². The minimum absolute atomic E-state index is 0.245. The molecule has 14 heteroatoms. The minimum Gasteiger partial charge on any atom is -0.394 e. The Morgan fingerprint density at radius 1 is 0.347 bits per heavy atom. The number of aliphatic hydroxyl groups is 8. The lowest BCUT2D eigenvalue weighted by molar-refractivity contribution is -0.359. The van der Waals surface area contributed by atoms with E-state index in [1.165, 1.54) is 327 Å². The van der Waals surface area contributed by atoms with E-state index < -0.39 is 86.8 Å². The number of rotatable bonds is 74. The molecule has 12 unspecified atom stereocenters. The molecule has 2 heterocycles. The van der Waals surface area contributed by atoms with E-state index in [1.54, 1.807) is 6.08 Å². The molecule has 2 aliphatic heterocycles. The molecule has 2 fully saturated rings. The maximum Gasteiger partial charge on any atom is 0.220 e. The van der Waals surface area contributed by atoms with Gasteiger partial charge in [-0.3, -0.25) is 4.79 Å². The molecule has 0 spiro atoms. The molecule has 0 saturated carbocycles. The van der Waals surface area contributed by atoms with E-state index in [4.69, 9.17) is 18.9 Å². The van der Waals surface area contributed by atoms with Crippen LogP contribution in [0.3, 0.4) is 0 Å². The van der Waals surface area contributed by atoms with Gasteiger partial charge >= 0.3 is 0 Å². The first kappa shape index (κ1) is 95.0. The van der Waals surface area contributed by atoms with Crippen molar-refractivity contribution in [3.05, 3.63) is 48.6 Å². The van der Waals surface area contributed by atoms with E-state index in [0.29, 0.717) is 12.8 Å². The Hall–Kier alpha value is -2.05. The van der Waals surface area contributed by atoms with Gasteiger partial charge in [0.2, 0.25) is 5.91 Å². The summed E-state index contributed by atoms with van der Waals surface area (Å²) in [6.45, 7) is 2.84. The molecule has 0 radical (unpaired) electrons. The molecule has 0 aliphatic carbocycles. The lowest BCUT2D eigenvalue weighted by Crippen LogP contribution is -2.65. The Bertz CT molecular complexity index is 1880. The van der Waals surface area contributed by atoms with Crippen molar-refractivity contribution in [3.63, 3.8) is 0 Å². The van der Waals surface area contributed by atoms with Crippen LogP contribution < -0.4 is 5.32 Å². The van der Waals surface area contributed by atoms with Crippen molar-refractivity contribution in [2.45, 2.75) is 479 Å². The number of unbranched alkanes of at least 4 members (excludes halogenated alkanes) is 55. The van der Waals surface area contributed by atoms with Crippen LogP contribution in [0.25, 0.3) is 0 Å². The topological polar surface area (TPSA) is 228 Å². The summed E-state index contributed by atoms with van der Waals surface area (Å²) in [6.07, 6.45) is 79.5. The predicted molar refractivity (Wildman–Crippen MR) is 420 cm³/mol. The maximum atomic E-state index is 13.4. The van der Waals surface area contributed by atoms with Gasteiger partial charge in [-0.1, -0.05) is 377 Å². The average molecular weight is 1430 g/mol. The van der Waals surface area contributed by atoms with E-state index in [1.807, 2.05) is 6.08 Å². The molecule has 9 N–H and O–H groups in total.